The van der Waals surface area contributed by atoms with Gasteiger partial charge in [-0.3, -0.25) is 10.1 Å². The van der Waals surface area contributed by atoms with E-state index in [9.17, 15) is 23.7 Å². The van der Waals surface area contributed by atoms with E-state index in [0.29, 0.717) is 11.3 Å². The van der Waals surface area contributed by atoms with Gasteiger partial charge in [-0.05, 0) is 13.0 Å². The van der Waals surface area contributed by atoms with Crippen LogP contribution in [0.2, 0.25) is 0 Å². The SMILES string of the molecule is CCOC(=O)c1oc(-c2ccc([N+](=O)[O-])s2)nc1C(F)F. The zero-order valence-electron chi connectivity index (χ0n) is 10.5. The van der Waals surface area contributed by atoms with Crippen molar-refractivity contribution in [3.63, 3.8) is 0 Å². The quantitative estimate of drug-likeness (QED) is 0.476. The van der Waals surface area contributed by atoms with Crippen LogP contribution in [0.25, 0.3) is 10.8 Å². The van der Waals surface area contributed by atoms with Crippen LogP contribution in [-0.4, -0.2) is 22.5 Å². The molecule has 0 spiro atoms. The van der Waals surface area contributed by atoms with Gasteiger partial charge in [0.05, 0.1) is 16.4 Å². The van der Waals surface area contributed by atoms with Crippen molar-refractivity contribution in [2.24, 2.45) is 0 Å². The maximum Gasteiger partial charge on any atom is 0.376 e. The number of nitro groups is 1. The highest BCUT2D eigenvalue weighted by atomic mass is 32.1. The number of esters is 1. The Kier molecular flexibility index (Phi) is 4.26. The molecule has 21 heavy (non-hydrogen) atoms. The fourth-order valence-corrected chi connectivity index (χ4v) is 2.22. The molecule has 0 aromatic carbocycles. The molecule has 0 bridgehead atoms. The summed E-state index contributed by atoms with van der Waals surface area (Å²) in [6.45, 7) is 1.50. The minimum atomic E-state index is -3.03. The molecule has 0 unspecified atom stereocenters. The number of hydrogen-bond donors (Lipinski definition) is 0. The maximum absolute atomic E-state index is 12.9. The van der Waals surface area contributed by atoms with Crippen molar-refractivity contribution >= 4 is 22.3 Å². The monoisotopic (exact) mass is 318 g/mol. The molecule has 2 rings (SSSR count). The smallest absolute Gasteiger partial charge is 0.376 e. The molecule has 2 heterocycles. The second-order valence-corrected chi connectivity index (χ2v) is 4.71. The summed E-state index contributed by atoms with van der Waals surface area (Å²) in [4.78, 5) is 25.2. The number of oxazole rings is 1. The lowest BCUT2D eigenvalue weighted by Crippen LogP contribution is -2.06. The summed E-state index contributed by atoms with van der Waals surface area (Å²) in [7, 11) is 0. The van der Waals surface area contributed by atoms with E-state index in [1.807, 2.05) is 0 Å². The fourth-order valence-electron chi connectivity index (χ4n) is 1.47. The summed E-state index contributed by atoms with van der Waals surface area (Å²) in [6.07, 6.45) is -3.03. The van der Waals surface area contributed by atoms with E-state index in [0.717, 1.165) is 0 Å². The van der Waals surface area contributed by atoms with Crippen molar-refractivity contribution in [1.29, 1.82) is 0 Å². The molecule has 0 aliphatic heterocycles. The van der Waals surface area contributed by atoms with Crippen molar-refractivity contribution in [3.8, 4) is 10.8 Å². The van der Waals surface area contributed by atoms with Crippen LogP contribution < -0.4 is 0 Å². The zero-order chi connectivity index (χ0) is 15.6. The molecule has 112 valence electrons. The van der Waals surface area contributed by atoms with E-state index in [1.54, 1.807) is 0 Å². The molecule has 7 nitrogen and oxygen atoms in total. The second-order valence-electron chi connectivity index (χ2n) is 3.65. The highest BCUT2D eigenvalue weighted by molar-refractivity contribution is 7.18. The van der Waals surface area contributed by atoms with Gasteiger partial charge in [0.25, 0.3) is 6.43 Å². The summed E-state index contributed by atoms with van der Waals surface area (Å²) in [5.74, 6) is -2.04. The first-order valence-corrected chi connectivity index (χ1v) is 6.46. The molecule has 10 heteroatoms. The Balaban J connectivity index is 2.42. The first kappa shape index (κ1) is 15.0. The van der Waals surface area contributed by atoms with Gasteiger partial charge < -0.3 is 9.15 Å². The van der Waals surface area contributed by atoms with Crippen molar-refractivity contribution in [2.45, 2.75) is 13.3 Å². The third-order valence-electron chi connectivity index (χ3n) is 2.30. The Morgan fingerprint density at radius 2 is 2.29 bits per heavy atom. The first-order valence-electron chi connectivity index (χ1n) is 5.64. The Labute approximate surface area is 120 Å². The topological polar surface area (TPSA) is 95.5 Å². The average Bonchev–Trinajstić information content (AvgIpc) is 3.05. The minimum Gasteiger partial charge on any atom is -0.460 e. The molecule has 0 saturated carbocycles. The maximum atomic E-state index is 12.9. The Morgan fingerprint density at radius 1 is 1.57 bits per heavy atom. The van der Waals surface area contributed by atoms with Gasteiger partial charge in [0, 0.05) is 6.07 Å². The molecule has 0 saturated heterocycles. The summed E-state index contributed by atoms with van der Waals surface area (Å²) >= 11 is 0.701. The summed E-state index contributed by atoms with van der Waals surface area (Å²) < 4.78 is 35.3. The van der Waals surface area contributed by atoms with E-state index in [-0.39, 0.29) is 22.4 Å². The zero-order valence-corrected chi connectivity index (χ0v) is 11.4. The fraction of sp³-hybridized carbons (Fsp3) is 0.273. The van der Waals surface area contributed by atoms with E-state index >= 15 is 0 Å². The Bertz CT molecular complexity index is 682. The van der Waals surface area contributed by atoms with Crippen LogP contribution in [0.5, 0.6) is 0 Å². The number of halogens is 2. The number of carbonyl (C=O) groups excluding carboxylic acids is 1. The van der Waals surface area contributed by atoms with Gasteiger partial charge in [0.15, 0.2) is 5.69 Å². The number of nitrogens with zero attached hydrogens (tertiary/aromatic N) is 2. The molecule has 2 aromatic heterocycles. The number of carbonyl (C=O) groups is 1. The number of alkyl halides is 2. The van der Waals surface area contributed by atoms with Crippen molar-refractivity contribution < 1.29 is 27.7 Å². The number of aromatic nitrogens is 1. The van der Waals surface area contributed by atoms with E-state index in [4.69, 9.17) is 4.42 Å². The molecule has 0 aliphatic carbocycles. The average molecular weight is 318 g/mol. The van der Waals surface area contributed by atoms with Crippen LogP contribution >= 0.6 is 11.3 Å². The number of ether oxygens (including phenoxy) is 1. The number of thiophene rings is 1. The van der Waals surface area contributed by atoms with E-state index in [1.165, 1.54) is 19.1 Å². The standard InChI is InChI=1S/C11H8F2N2O5S/c1-2-19-11(16)8-7(9(12)13)14-10(20-8)5-3-4-6(21-5)15(17)18/h3-4,9H,2H2,1H3. The number of rotatable bonds is 5. The van der Waals surface area contributed by atoms with Gasteiger partial charge in [-0.2, -0.15) is 0 Å². The van der Waals surface area contributed by atoms with Crippen LogP contribution in [-0.2, 0) is 4.74 Å². The molecule has 2 aromatic rings. The lowest BCUT2D eigenvalue weighted by atomic mass is 10.3. The lowest BCUT2D eigenvalue weighted by molar-refractivity contribution is -0.380. The van der Waals surface area contributed by atoms with E-state index < -0.39 is 28.8 Å². The van der Waals surface area contributed by atoms with Crippen LogP contribution in [0.1, 0.15) is 29.6 Å². The molecule has 0 atom stereocenters. The molecule has 0 amide bonds. The highest BCUT2D eigenvalue weighted by Crippen LogP contribution is 2.35. The van der Waals surface area contributed by atoms with Crippen molar-refractivity contribution in [2.75, 3.05) is 6.61 Å². The predicted octanol–water partition coefficient (Wildman–Crippen LogP) is 3.43. The third kappa shape index (κ3) is 3.05. The number of hydrogen-bond acceptors (Lipinski definition) is 7. The molecule has 0 aliphatic rings. The lowest BCUT2D eigenvalue weighted by Gasteiger charge is -1.99. The van der Waals surface area contributed by atoms with Crippen molar-refractivity contribution in [3.05, 3.63) is 33.7 Å². The van der Waals surface area contributed by atoms with Gasteiger partial charge in [0.2, 0.25) is 11.7 Å². The van der Waals surface area contributed by atoms with Crippen LogP contribution in [0.4, 0.5) is 13.8 Å². The largest absolute Gasteiger partial charge is 0.460 e. The van der Waals surface area contributed by atoms with Crippen molar-refractivity contribution in [1.82, 2.24) is 4.98 Å². The highest BCUT2D eigenvalue weighted by Gasteiger charge is 2.29. The van der Waals surface area contributed by atoms with Crippen LogP contribution in [0.15, 0.2) is 16.5 Å². The molecule has 0 radical (unpaired) electrons. The summed E-state index contributed by atoms with van der Waals surface area (Å²) in [5.41, 5.74) is -0.848. The Morgan fingerprint density at radius 3 is 2.81 bits per heavy atom. The van der Waals surface area contributed by atoms with Crippen LogP contribution in [0, 0.1) is 10.1 Å². The summed E-state index contributed by atoms with van der Waals surface area (Å²) in [6, 6.07) is 2.50. The van der Waals surface area contributed by atoms with Gasteiger partial charge in [-0.15, -0.1) is 0 Å². The van der Waals surface area contributed by atoms with Gasteiger partial charge in [-0.25, -0.2) is 18.6 Å². The Hall–Kier alpha value is -2.36. The third-order valence-corrected chi connectivity index (χ3v) is 3.33. The van der Waals surface area contributed by atoms with Crippen LogP contribution in [0.3, 0.4) is 0 Å². The first-order chi connectivity index (χ1) is 9.93. The predicted molar refractivity (Wildman–Crippen MR) is 67.4 cm³/mol. The molecular formula is C11H8F2N2O5S. The van der Waals surface area contributed by atoms with Gasteiger partial charge in [0.1, 0.15) is 0 Å². The second kappa shape index (κ2) is 5.95. The molecule has 0 fully saturated rings. The van der Waals surface area contributed by atoms with Gasteiger partial charge >= 0.3 is 11.0 Å². The summed E-state index contributed by atoms with van der Waals surface area (Å²) in [5, 5.41) is 10.4. The normalized spacial score (nSPS) is 10.9. The van der Waals surface area contributed by atoms with E-state index in [2.05, 4.69) is 9.72 Å². The molecule has 0 N–H and O–H groups in total. The minimum absolute atomic E-state index is 0.0119. The molecular weight excluding hydrogens is 310 g/mol. The van der Waals surface area contributed by atoms with Gasteiger partial charge in [-0.1, -0.05) is 11.3 Å².